The first-order valence-corrected chi connectivity index (χ1v) is 8.22. The van der Waals surface area contributed by atoms with E-state index in [4.69, 9.17) is 4.74 Å². The van der Waals surface area contributed by atoms with Crippen molar-refractivity contribution in [1.29, 1.82) is 0 Å². The zero-order valence-electron chi connectivity index (χ0n) is 14.2. The molecule has 4 aromatic rings. The molecule has 130 valence electrons. The van der Waals surface area contributed by atoms with E-state index in [2.05, 4.69) is 20.5 Å². The Morgan fingerprint density at radius 1 is 1.08 bits per heavy atom. The van der Waals surface area contributed by atoms with E-state index >= 15 is 0 Å². The second kappa shape index (κ2) is 6.76. The largest absolute Gasteiger partial charge is 0.508 e. The quantitative estimate of drug-likeness (QED) is 0.510. The summed E-state index contributed by atoms with van der Waals surface area (Å²) in [5, 5.41) is 21.8. The standard InChI is InChI=1S/C20H18N4O2/c1-26-20-6-5-14(17-9-15-11-22-23-12-19(15)24-17)8-18(20)21-10-13-3-2-4-16(25)7-13/h2-9,11-12,21,24-25H,10H2,1H3. The summed E-state index contributed by atoms with van der Waals surface area (Å²) >= 11 is 0. The number of rotatable bonds is 5. The van der Waals surface area contributed by atoms with E-state index in [1.54, 1.807) is 31.6 Å². The highest BCUT2D eigenvalue weighted by molar-refractivity contribution is 5.85. The van der Waals surface area contributed by atoms with Crippen molar-refractivity contribution in [3.05, 3.63) is 66.5 Å². The SMILES string of the molecule is COc1ccc(-c2cc3cnncc3[nH]2)cc1NCc1cccc(O)c1. The van der Waals surface area contributed by atoms with Crippen LogP contribution in [0.25, 0.3) is 22.2 Å². The molecule has 0 fully saturated rings. The molecule has 0 saturated carbocycles. The molecule has 2 aromatic carbocycles. The van der Waals surface area contributed by atoms with Gasteiger partial charge < -0.3 is 20.1 Å². The van der Waals surface area contributed by atoms with Crippen LogP contribution >= 0.6 is 0 Å². The molecule has 0 amide bonds. The third-order valence-electron chi connectivity index (χ3n) is 4.23. The van der Waals surface area contributed by atoms with Crippen molar-refractivity contribution in [2.45, 2.75) is 6.54 Å². The molecule has 2 aromatic heterocycles. The van der Waals surface area contributed by atoms with Gasteiger partial charge in [-0.3, -0.25) is 0 Å². The minimum absolute atomic E-state index is 0.255. The van der Waals surface area contributed by atoms with E-state index in [1.807, 2.05) is 36.4 Å². The van der Waals surface area contributed by atoms with Crippen LogP contribution in [0.15, 0.2) is 60.9 Å². The molecule has 0 aliphatic heterocycles. The van der Waals surface area contributed by atoms with Gasteiger partial charge in [-0.05, 0) is 42.0 Å². The maximum Gasteiger partial charge on any atom is 0.142 e. The van der Waals surface area contributed by atoms with Crippen LogP contribution in [0.1, 0.15) is 5.56 Å². The van der Waals surface area contributed by atoms with Crippen molar-refractivity contribution < 1.29 is 9.84 Å². The molecule has 3 N–H and O–H groups in total. The lowest BCUT2D eigenvalue weighted by atomic mass is 10.1. The van der Waals surface area contributed by atoms with Gasteiger partial charge in [0.15, 0.2) is 0 Å². The Morgan fingerprint density at radius 3 is 2.77 bits per heavy atom. The number of hydrogen-bond donors (Lipinski definition) is 3. The van der Waals surface area contributed by atoms with Gasteiger partial charge in [0.05, 0.1) is 30.7 Å². The fourth-order valence-corrected chi connectivity index (χ4v) is 2.92. The summed E-state index contributed by atoms with van der Waals surface area (Å²) in [6.07, 6.45) is 3.45. The number of nitrogens with one attached hydrogen (secondary N) is 2. The highest BCUT2D eigenvalue weighted by Gasteiger charge is 2.09. The zero-order valence-corrected chi connectivity index (χ0v) is 14.2. The molecule has 6 heteroatoms. The second-order valence-electron chi connectivity index (χ2n) is 5.98. The van der Waals surface area contributed by atoms with Gasteiger partial charge in [-0.2, -0.15) is 10.2 Å². The lowest BCUT2D eigenvalue weighted by Gasteiger charge is -2.13. The number of nitrogens with zero attached hydrogens (tertiary/aromatic N) is 2. The number of anilines is 1. The van der Waals surface area contributed by atoms with Crippen molar-refractivity contribution >= 4 is 16.6 Å². The maximum absolute atomic E-state index is 9.61. The molecule has 0 bridgehead atoms. The van der Waals surface area contributed by atoms with Crippen LogP contribution in [0, 0.1) is 0 Å². The van der Waals surface area contributed by atoms with E-state index < -0.39 is 0 Å². The molecule has 0 aliphatic carbocycles. The van der Waals surface area contributed by atoms with Crippen LogP contribution in [0.5, 0.6) is 11.5 Å². The summed E-state index contributed by atoms with van der Waals surface area (Å²) in [7, 11) is 1.65. The summed E-state index contributed by atoms with van der Waals surface area (Å²) in [4.78, 5) is 3.35. The highest BCUT2D eigenvalue weighted by Crippen LogP contribution is 2.32. The summed E-state index contributed by atoms with van der Waals surface area (Å²) in [6.45, 7) is 0.578. The number of aromatic amines is 1. The number of phenols is 1. The molecular formula is C20H18N4O2. The summed E-state index contributed by atoms with van der Waals surface area (Å²) in [6, 6.07) is 15.2. The fourth-order valence-electron chi connectivity index (χ4n) is 2.92. The van der Waals surface area contributed by atoms with Crippen molar-refractivity contribution in [3.63, 3.8) is 0 Å². The van der Waals surface area contributed by atoms with Crippen molar-refractivity contribution in [1.82, 2.24) is 15.2 Å². The van der Waals surface area contributed by atoms with E-state index in [1.165, 1.54) is 0 Å². The average molecular weight is 346 g/mol. The Labute approximate surface area is 150 Å². The number of aromatic nitrogens is 3. The van der Waals surface area contributed by atoms with Crippen molar-refractivity contribution in [3.8, 4) is 22.8 Å². The molecule has 0 atom stereocenters. The predicted octanol–water partition coefficient (Wildman–Crippen LogP) is 3.95. The third-order valence-corrected chi connectivity index (χ3v) is 4.23. The second-order valence-corrected chi connectivity index (χ2v) is 5.98. The van der Waals surface area contributed by atoms with Gasteiger partial charge in [-0.1, -0.05) is 12.1 Å². The third kappa shape index (κ3) is 3.17. The van der Waals surface area contributed by atoms with Gasteiger partial charge in [0, 0.05) is 23.2 Å². The zero-order chi connectivity index (χ0) is 17.9. The molecule has 0 saturated heterocycles. The van der Waals surface area contributed by atoms with E-state index in [9.17, 15) is 5.11 Å². The Kier molecular flexibility index (Phi) is 4.15. The van der Waals surface area contributed by atoms with Gasteiger partial charge in [0.2, 0.25) is 0 Å². The first-order chi connectivity index (χ1) is 12.7. The number of hydrogen-bond acceptors (Lipinski definition) is 5. The summed E-state index contributed by atoms with van der Waals surface area (Å²) < 4.78 is 5.47. The van der Waals surface area contributed by atoms with Gasteiger partial charge >= 0.3 is 0 Å². The maximum atomic E-state index is 9.61. The Bertz CT molecular complexity index is 1030. The predicted molar refractivity (Wildman–Crippen MR) is 101 cm³/mol. The van der Waals surface area contributed by atoms with Crippen molar-refractivity contribution in [2.75, 3.05) is 12.4 Å². The molecule has 2 heterocycles. The monoisotopic (exact) mass is 346 g/mol. The first-order valence-electron chi connectivity index (χ1n) is 8.22. The average Bonchev–Trinajstić information content (AvgIpc) is 3.10. The van der Waals surface area contributed by atoms with Crippen LogP contribution < -0.4 is 10.1 Å². The number of phenolic OH excluding ortho intramolecular Hbond substituents is 1. The van der Waals surface area contributed by atoms with E-state index in [0.717, 1.165) is 39.2 Å². The normalized spacial score (nSPS) is 10.8. The highest BCUT2D eigenvalue weighted by atomic mass is 16.5. The number of ether oxygens (including phenoxy) is 1. The van der Waals surface area contributed by atoms with Crippen LogP contribution in [0.4, 0.5) is 5.69 Å². The van der Waals surface area contributed by atoms with Crippen LogP contribution in [-0.4, -0.2) is 27.4 Å². The number of methoxy groups -OCH3 is 1. The van der Waals surface area contributed by atoms with Crippen LogP contribution in [-0.2, 0) is 6.54 Å². The molecule has 26 heavy (non-hydrogen) atoms. The molecule has 0 radical (unpaired) electrons. The van der Waals surface area contributed by atoms with E-state index in [-0.39, 0.29) is 5.75 Å². The molecule has 6 nitrogen and oxygen atoms in total. The summed E-state index contributed by atoms with van der Waals surface area (Å²) in [5.41, 5.74) is 4.82. The number of benzene rings is 2. The Balaban J connectivity index is 1.64. The molecule has 0 unspecified atom stereocenters. The van der Waals surface area contributed by atoms with Crippen LogP contribution in [0.2, 0.25) is 0 Å². The first kappa shape index (κ1) is 16.0. The minimum atomic E-state index is 0.255. The number of fused-ring (bicyclic) bond motifs is 1. The Hall–Kier alpha value is -3.54. The van der Waals surface area contributed by atoms with Gasteiger partial charge in [-0.15, -0.1) is 0 Å². The molecule has 0 aliphatic rings. The van der Waals surface area contributed by atoms with E-state index in [0.29, 0.717) is 6.54 Å². The smallest absolute Gasteiger partial charge is 0.142 e. The van der Waals surface area contributed by atoms with Gasteiger partial charge in [0.1, 0.15) is 11.5 Å². The fraction of sp³-hybridized carbons (Fsp3) is 0.100. The molecular weight excluding hydrogens is 328 g/mol. The lowest BCUT2D eigenvalue weighted by molar-refractivity contribution is 0.416. The van der Waals surface area contributed by atoms with Gasteiger partial charge in [-0.25, -0.2) is 0 Å². The summed E-state index contributed by atoms with van der Waals surface area (Å²) in [5.74, 6) is 1.01. The number of aromatic hydroxyl groups is 1. The minimum Gasteiger partial charge on any atom is -0.508 e. The topological polar surface area (TPSA) is 83.1 Å². The lowest BCUT2D eigenvalue weighted by Crippen LogP contribution is -2.01. The molecule has 0 spiro atoms. The van der Waals surface area contributed by atoms with Crippen LogP contribution in [0.3, 0.4) is 0 Å². The Morgan fingerprint density at radius 2 is 1.96 bits per heavy atom. The van der Waals surface area contributed by atoms with Gasteiger partial charge in [0.25, 0.3) is 0 Å². The van der Waals surface area contributed by atoms with Crippen molar-refractivity contribution in [2.24, 2.45) is 0 Å². The number of H-pyrrole nitrogens is 1. The molecule has 4 rings (SSSR count).